The average molecular weight is 329 g/mol. The summed E-state index contributed by atoms with van der Waals surface area (Å²) in [5.74, 6) is -1.92. The number of hydrogen-bond acceptors (Lipinski definition) is 3. The molecule has 0 saturated carbocycles. The molecule has 0 fully saturated rings. The molecule has 0 bridgehead atoms. The van der Waals surface area contributed by atoms with Crippen LogP contribution in [0.3, 0.4) is 0 Å². The summed E-state index contributed by atoms with van der Waals surface area (Å²) in [6.07, 6.45) is 1.41. The first-order valence-electron chi connectivity index (χ1n) is 5.51. The molecular weight excluding hydrogens is 318 g/mol. The van der Waals surface area contributed by atoms with Gasteiger partial charge in [0.15, 0.2) is 11.6 Å². The van der Waals surface area contributed by atoms with Gasteiger partial charge in [-0.15, -0.1) is 0 Å². The normalized spacial score (nSPS) is 12.3. The van der Waals surface area contributed by atoms with Gasteiger partial charge >= 0.3 is 0 Å². The zero-order valence-electron chi connectivity index (χ0n) is 10.0. The van der Waals surface area contributed by atoms with E-state index in [-0.39, 0.29) is 11.8 Å². The van der Waals surface area contributed by atoms with Crippen LogP contribution in [0.4, 0.5) is 8.78 Å². The number of ether oxygens (including phenoxy) is 1. The molecule has 6 heteroatoms. The third-order valence-electron chi connectivity index (χ3n) is 2.41. The van der Waals surface area contributed by atoms with E-state index in [4.69, 9.17) is 10.5 Å². The van der Waals surface area contributed by atoms with Gasteiger partial charge in [-0.1, -0.05) is 15.9 Å². The Morgan fingerprint density at radius 1 is 1.32 bits per heavy atom. The average Bonchev–Trinajstić information content (AvgIpc) is 2.36. The molecule has 2 N–H and O–H groups in total. The predicted molar refractivity (Wildman–Crippen MR) is 71.0 cm³/mol. The fraction of sp³-hybridized carbons (Fsp3) is 0.154. The summed E-state index contributed by atoms with van der Waals surface area (Å²) in [6, 6.07) is 5.45. The van der Waals surface area contributed by atoms with E-state index in [9.17, 15) is 8.78 Å². The van der Waals surface area contributed by atoms with E-state index in [1.54, 1.807) is 19.1 Å². The molecule has 1 aromatic carbocycles. The van der Waals surface area contributed by atoms with Gasteiger partial charge in [-0.2, -0.15) is 4.39 Å². The molecule has 0 aliphatic carbocycles. The molecule has 0 spiro atoms. The monoisotopic (exact) mass is 328 g/mol. The van der Waals surface area contributed by atoms with E-state index in [1.165, 1.54) is 12.3 Å². The van der Waals surface area contributed by atoms with Crippen molar-refractivity contribution in [2.45, 2.75) is 13.0 Å². The Labute approximate surface area is 117 Å². The molecule has 1 atom stereocenters. The molecule has 2 rings (SSSR count). The van der Waals surface area contributed by atoms with Crippen molar-refractivity contribution in [1.29, 1.82) is 0 Å². The first-order chi connectivity index (χ1) is 8.97. The predicted octanol–water partition coefficient (Wildman–Crippen LogP) is 3.93. The number of pyridine rings is 1. The maximum absolute atomic E-state index is 13.5. The lowest BCUT2D eigenvalue weighted by Gasteiger charge is -2.09. The van der Waals surface area contributed by atoms with Gasteiger partial charge in [0.1, 0.15) is 5.75 Å². The molecular formula is C13H11BrF2N2O. The van der Waals surface area contributed by atoms with Crippen molar-refractivity contribution >= 4 is 15.9 Å². The second-order valence-corrected chi connectivity index (χ2v) is 4.92. The summed E-state index contributed by atoms with van der Waals surface area (Å²) >= 11 is 3.07. The second kappa shape index (κ2) is 5.63. The van der Waals surface area contributed by atoms with Crippen LogP contribution in [-0.2, 0) is 0 Å². The first kappa shape index (κ1) is 13.9. The minimum absolute atomic E-state index is 0.200. The Morgan fingerprint density at radius 3 is 2.63 bits per heavy atom. The number of nitrogens with zero attached hydrogens (tertiary/aromatic N) is 1. The van der Waals surface area contributed by atoms with Crippen molar-refractivity contribution in [2.24, 2.45) is 5.73 Å². The van der Waals surface area contributed by atoms with Gasteiger partial charge in [0.25, 0.3) is 0 Å². The van der Waals surface area contributed by atoms with Gasteiger partial charge in [-0.3, -0.25) is 4.98 Å². The third-order valence-corrected chi connectivity index (χ3v) is 2.87. The smallest absolute Gasteiger partial charge is 0.201 e. The van der Waals surface area contributed by atoms with E-state index < -0.39 is 11.6 Å². The van der Waals surface area contributed by atoms with E-state index in [0.717, 1.165) is 6.07 Å². The van der Waals surface area contributed by atoms with Crippen LogP contribution in [0.2, 0.25) is 0 Å². The minimum Gasteiger partial charge on any atom is -0.453 e. The molecule has 0 saturated heterocycles. The molecule has 0 radical (unpaired) electrons. The lowest BCUT2D eigenvalue weighted by molar-refractivity contribution is 0.414. The highest BCUT2D eigenvalue weighted by Gasteiger charge is 2.12. The Kier molecular flexibility index (Phi) is 4.11. The van der Waals surface area contributed by atoms with Gasteiger partial charge in [0.2, 0.25) is 5.82 Å². The quantitative estimate of drug-likeness (QED) is 0.868. The van der Waals surface area contributed by atoms with E-state index >= 15 is 0 Å². The standard InChI is InChI=1S/C13H11BrF2N2O/c1-7(17)11-3-2-9(6-18-11)19-12-5-8(14)4-10(15)13(12)16/h2-7H,17H2,1H3. The highest BCUT2D eigenvalue weighted by atomic mass is 79.9. The maximum atomic E-state index is 13.5. The molecule has 0 aliphatic rings. The van der Waals surface area contributed by atoms with Crippen LogP contribution in [0, 0.1) is 11.6 Å². The zero-order chi connectivity index (χ0) is 14.0. The van der Waals surface area contributed by atoms with Gasteiger partial charge < -0.3 is 10.5 Å². The summed E-state index contributed by atoms with van der Waals surface area (Å²) in [5.41, 5.74) is 6.35. The lowest BCUT2D eigenvalue weighted by Crippen LogP contribution is -2.06. The Hall–Kier alpha value is -1.53. The van der Waals surface area contributed by atoms with Crippen LogP contribution in [0.25, 0.3) is 0 Å². The van der Waals surface area contributed by atoms with E-state index in [0.29, 0.717) is 15.9 Å². The Bertz CT molecular complexity index is 588. The first-order valence-corrected chi connectivity index (χ1v) is 6.30. The SMILES string of the molecule is CC(N)c1ccc(Oc2cc(Br)cc(F)c2F)cn1. The summed E-state index contributed by atoms with van der Waals surface area (Å²) in [7, 11) is 0. The molecule has 100 valence electrons. The number of halogens is 3. The maximum Gasteiger partial charge on any atom is 0.201 e. The number of nitrogens with two attached hydrogens (primary N) is 1. The number of hydrogen-bond donors (Lipinski definition) is 1. The number of aromatic nitrogens is 1. The molecule has 2 aromatic rings. The number of benzene rings is 1. The van der Waals surface area contributed by atoms with Crippen molar-refractivity contribution in [3.63, 3.8) is 0 Å². The summed E-state index contributed by atoms with van der Waals surface area (Å²) in [4.78, 5) is 4.07. The summed E-state index contributed by atoms with van der Waals surface area (Å²) < 4.78 is 32.4. The Morgan fingerprint density at radius 2 is 2.05 bits per heavy atom. The summed E-state index contributed by atoms with van der Waals surface area (Å²) in [6.45, 7) is 1.80. The van der Waals surface area contributed by atoms with Crippen LogP contribution in [0.15, 0.2) is 34.9 Å². The fourth-order valence-corrected chi connectivity index (χ4v) is 1.86. The van der Waals surface area contributed by atoms with Crippen molar-refractivity contribution in [3.05, 3.63) is 52.3 Å². The van der Waals surface area contributed by atoms with Gasteiger partial charge in [-0.25, -0.2) is 4.39 Å². The molecule has 1 unspecified atom stereocenters. The topological polar surface area (TPSA) is 48.1 Å². The summed E-state index contributed by atoms with van der Waals surface area (Å²) in [5, 5.41) is 0. The van der Waals surface area contributed by atoms with E-state index in [2.05, 4.69) is 20.9 Å². The van der Waals surface area contributed by atoms with Crippen LogP contribution in [0.1, 0.15) is 18.7 Å². The third kappa shape index (κ3) is 3.27. The molecule has 19 heavy (non-hydrogen) atoms. The largest absolute Gasteiger partial charge is 0.453 e. The fourth-order valence-electron chi connectivity index (χ4n) is 1.46. The lowest BCUT2D eigenvalue weighted by atomic mass is 10.2. The van der Waals surface area contributed by atoms with Crippen LogP contribution < -0.4 is 10.5 Å². The van der Waals surface area contributed by atoms with E-state index in [1.807, 2.05) is 0 Å². The van der Waals surface area contributed by atoms with Crippen molar-refractivity contribution in [3.8, 4) is 11.5 Å². The van der Waals surface area contributed by atoms with Crippen molar-refractivity contribution in [1.82, 2.24) is 4.98 Å². The highest BCUT2D eigenvalue weighted by Crippen LogP contribution is 2.29. The van der Waals surface area contributed by atoms with Crippen LogP contribution in [-0.4, -0.2) is 4.98 Å². The van der Waals surface area contributed by atoms with Gasteiger partial charge in [0.05, 0.1) is 11.9 Å². The molecule has 3 nitrogen and oxygen atoms in total. The van der Waals surface area contributed by atoms with Crippen LogP contribution >= 0.6 is 15.9 Å². The Balaban J connectivity index is 2.26. The number of rotatable bonds is 3. The minimum atomic E-state index is -1.04. The molecule has 0 amide bonds. The van der Waals surface area contributed by atoms with Crippen molar-refractivity contribution < 1.29 is 13.5 Å². The molecule has 1 aromatic heterocycles. The van der Waals surface area contributed by atoms with Gasteiger partial charge in [-0.05, 0) is 31.2 Å². The molecule has 0 aliphatic heterocycles. The van der Waals surface area contributed by atoms with Crippen LogP contribution in [0.5, 0.6) is 11.5 Å². The van der Waals surface area contributed by atoms with Crippen molar-refractivity contribution in [2.75, 3.05) is 0 Å². The second-order valence-electron chi connectivity index (χ2n) is 4.01. The van der Waals surface area contributed by atoms with Gasteiger partial charge in [0, 0.05) is 10.5 Å². The zero-order valence-corrected chi connectivity index (χ0v) is 11.6. The highest BCUT2D eigenvalue weighted by molar-refractivity contribution is 9.10. The molecule has 1 heterocycles.